The summed E-state index contributed by atoms with van der Waals surface area (Å²) in [4.78, 5) is 29.3. The van der Waals surface area contributed by atoms with Gasteiger partial charge in [-0.1, -0.05) is 25.5 Å². The predicted octanol–water partition coefficient (Wildman–Crippen LogP) is 2.59. The molecule has 138 valence electrons. The molecule has 1 heterocycles. The summed E-state index contributed by atoms with van der Waals surface area (Å²) in [6.45, 7) is 11.1. The van der Waals surface area contributed by atoms with E-state index in [0.29, 0.717) is 19.6 Å². The number of piperazine rings is 1. The number of nitrogens with zero attached hydrogens (tertiary/aromatic N) is 2. The van der Waals surface area contributed by atoms with Gasteiger partial charge in [0.05, 0.1) is 0 Å². The maximum Gasteiger partial charge on any atom is 0.237 e. The Morgan fingerprint density at radius 3 is 2.44 bits per heavy atom. The Balaban J connectivity index is 1.92. The molecule has 2 rings (SSSR count). The van der Waals surface area contributed by atoms with Crippen LogP contribution in [0.4, 0.5) is 5.69 Å². The number of carbonyl (C=O) groups is 2. The van der Waals surface area contributed by atoms with Crippen LogP contribution in [-0.2, 0) is 9.59 Å². The highest BCUT2D eigenvalue weighted by Crippen LogP contribution is 2.23. The van der Waals surface area contributed by atoms with E-state index >= 15 is 0 Å². The van der Waals surface area contributed by atoms with E-state index in [1.807, 2.05) is 4.90 Å². The lowest BCUT2D eigenvalue weighted by Gasteiger charge is -2.39. The van der Waals surface area contributed by atoms with Crippen LogP contribution in [0, 0.1) is 12.3 Å². The van der Waals surface area contributed by atoms with Gasteiger partial charge in [-0.25, -0.2) is 0 Å². The molecule has 1 aromatic carbocycles. The summed E-state index contributed by atoms with van der Waals surface area (Å²) in [7, 11) is 0. The quantitative estimate of drug-likeness (QED) is 0.637. The molecule has 1 saturated heterocycles. The topological polar surface area (TPSA) is 52.7 Å². The summed E-state index contributed by atoms with van der Waals surface area (Å²) in [6.07, 6.45) is 1.96. The monoisotopic (exact) mass is 345 g/mol. The number of carbonyl (C=O) groups excluding carboxylic acids is 2. The number of unbranched alkanes of at least 4 members (excludes halogenated alkanes) is 1. The van der Waals surface area contributed by atoms with E-state index in [9.17, 15) is 9.59 Å². The number of amides is 2. The number of anilines is 1. The van der Waals surface area contributed by atoms with E-state index in [0.717, 1.165) is 25.9 Å². The lowest BCUT2D eigenvalue weighted by molar-refractivity contribution is -0.148. The summed E-state index contributed by atoms with van der Waals surface area (Å²) in [5.41, 5.74) is 1.42. The van der Waals surface area contributed by atoms with E-state index in [2.05, 4.69) is 48.3 Å². The molecular weight excluding hydrogens is 314 g/mol. The zero-order valence-electron chi connectivity index (χ0n) is 16.0. The van der Waals surface area contributed by atoms with E-state index in [4.69, 9.17) is 0 Å². The van der Waals surface area contributed by atoms with Crippen molar-refractivity contribution >= 4 is 17.5 Å². The van der Waals surface area contributed by atoms with Crippen LogP contribution in [0.25, 0.3) is 0 Å². The van der Waals surface area contributed by atoms with Gasteiger partial charge in [0.15, 0.2) is 0 Å². The number of hydrogen-bond acceptors (Lipinski definition) is 3. The van der Waals surface area contributed by atoms with Gasteiger partial charge in [-0.2, -0.15) is 0 Å². The van der Waals surface area contributed by atoms with Crippen molar-refractivity contribution in [3.8, 4) is 0 Å². The van der Waals surface area contributed by atoms with Crippen LogP contribution in [0.1, 0.15) is 39.2 Å². The summed E-state index contributed by atoms with van der Waals surface area (Å²) in [5, 5.41) is 2.89. The minimum atomic E-state index is -1.01. The number of nitrogens with one attached hydrogen (secondary N) is 1. The Morgan fingerprint density at radius 1 is 1.16 bits per heavy atom. The number of benzene rings is 1. The van der Waals surface area contributed by atoms with Crippen molar-refractivity contribution in [2.24, 2.45) is 5.41 Å². The molecule has 0 aliphatic carbocycles. The first-order chi connectivity index (χ1) is 11.9. The second-order valence-electron chi connectivity index (χ2n) is 7.35. The zero-order valence-corrected chi connectivity index (χ0v) is 16.0. The van der Waals surface area contributed by atoms with Crippen LogP contribution in [-0.4, -0.2) is 49.4 Å². The molecule has 0 atom stereocenters. The Hall–Kier alpha value is -2.04. The van der Waals surface area contributed by atoms with Crippen LogP contribution in [0.3, 0.4) is 0 Å². The first-order valence-electron chi connectivity index (χ1n) is 9.25. The van der Waals surface area contributed by atoms with Crippen molar-refractivity contribution < 1.29 is 9.59 Å². The Labute approximate surface area is 151 Å². The van der Waals surface area contributed by atoms with Gasteiger partial charge < -0.3 is 15.1 Å². The van der Waals surface area contributed by atoms with Crippen molar-refractivity contribution in [2.75, 3.05) is 37.6 Å². The number of hydrogen-bond donors (Lipinski definition) is 1. The molecule has 0 spiro atoms. The Bertz CT molecular complexity index is 605. The fourth-order valence-corrected chi connectivity index (χ4v) is 3.08. The molecule has 1 fully saturated rings. The molecule has 0 radical (unpaired) electrons. The molecule has 1 aromatic rings. The highest BCUT2D eigenvalue weighted by molar-refractivity contribution is 6.04. The molecule has 0 aromatic heterocycles. The van der Waals surface area contributed by atoms with E-state index in [1.165, 1.54) is 11.3 Å². The van der Waals surface area contributed by atoms with Gasteiger partial charge in [0, 0.05) is 38.4 Å². The smallest absolute Gasteiger partial charge is 0.237 e. The van der Waals surface area contributed by atoms with Crippen molar-refractivity contribution in [1.29, 1.82) is 0 Å². The Morgan fingerprint density at radius 2 is 1.84 bits per heavy atom. The molecule has 5 nitrogen and oxygen atoms in total. The second kappa shape index (κ2) is 8.37. The van der Waals surface area contributed by atoms with Gasteiger partial charge >= 0.3 is 0 Å². The van der Waals surface area contributed by atoms with Crippen LogP contribution in [0.15, 0.2) is 24.3 Å². The molecule has 2 amide bonds. The van der Waals surface area contributed by atoms with Crippen LogP contribution in [0.2, 0.25) is 0 Å². The van der Waals surface area contributed by atoms with Gasteiger partial charge in [0.1, 0.15) is 5.41 Å². The molecule has 25 heavy (non-hydrogen) atoms. The first-order valence-corrected chi connectivity index (χ1v) is 9.25. The van der Waals surface area contributed by atoms with Crippen LogP contribution in [0.5, 0.6) is 0 Å². The van der Waals surface area contributed by atoms with Gasteiger partial charge in [-0.3, -0.25) is 9.59 Å². The standard InChI is InChI=1S/C20H31N3O2/c1-5-6-10-21-18(24)20(3,4)19(25)23-13-11-22(12-14-23)17-9-7-8-16(2)15-17/h7-9,15H,5-6,10-14H2,1-4H3,(H,21,24). The van der Waals surface area contributed by atoms with Gasteiger partial charge in [-0.05, 0) is 44.9 Å². The number of rotatable bonds is 6. The van der Waals surface area contributed by atoms with Crippen LogP contribution < -0.4 is 10.2 Å². The first kappa shape index (κ1) is 19.3. The summed E-state index contributed by atoms with van der Waals surface area (Å²) >= 11 is 0. The fraction of sp³-hybridized carbons (Fsp3) is 0.600. The highest BCUT2D eigenvalue weighted by atomic mass is 16.2. The second-order valence-corrected chi connectivity index (χ2v) is 7.35. The zero-order chi connectivity index (χ0) is 18.4. The number of aryl methyl sites for hydroxylation is 1. The van der Waals surface area contributed by atoms with Crippen LogP contribution >= 0.6 is 0 Å². The maximum absolute atomic E-state index is 12.8. The average Bonchev–Trinajstić information content (AvgIpc) is 2.61. The molecule has 1 aliphatic heterocycles. The summed E-state index contributed by atoms with van der Waals surface area (Å²) in [5.74, 6) is -0.252. The Kier molecular flexibility index (Phi) is 6.45. The SMILES string of the molecule is CCCCNC(=O)C(C)(C)C(=O)N1CCN(c2cccc(C)c2)CC1. The largest absolute Gasteiger partial charge is 0.368 e. The van der Waals surface area contributed by atoms with Gasteiger partial charge in [0.25, 0.3) is 0 Å². The normalized spacial score (nSPS) is 15.2. The lowest BCUT2D eigenvalue weighted by Crippen LogP contribution is -2.55. The summed E-state index contributed by atoms with van der Waals surface area (Å²) in [6, 6.07) is 8.42. The average molecular weight is 345 g/mol. The van der Waals surface area contributed by atoms with Crippen molar-refractivity contribution in [2.45, 2.75) is 40.5 Å². The van der Waals surface area contributed by atoms with Crippen molar-refractivity contribution in [3.63, 3.8) is 0 Å². The molecule has 1 N–H and O–H groups in total. The third-order valence-electron chi connectivity index (χ3n) is 4.85. The third kappa shape index (κ3) is 4.74. The van der Waals surface area contributed by atoms with E-state index in [1.54, 1.807) is 13.8 Å². The third-order valence-corrected chi connectivity index (χ3v) is 4.85. The predicted molar refractivity (Wildman–Crippen MR) is 102 cm³/mol. The molecule has 1 aliphatic rings. The minimum Gasteiger partial charge on any atom is -0.368 e. The molecule has 0 unspecified atom stereocenters. The molecule has 5 heteroatoms. The van der Waals surface area contributed by atoms with E-state index < -0.39 is 5.41 Å². The highest BCUT2D eigenvalue weighted by Gasteiger charge is 2.39. The van der Waals surface area contributed by atoms with Crippen molar-refractivity contribution in [3.05, 3.63) is 29.8 Å². The summed E-state index contributed by atoms with van der Waals surface area (Å²) < 4.78 is 0. The molecule has 0 saturated carbocycles. The van der Waals surface area contributed by atoms with Crippen molar-refractivity contribution in [1.82, 2.24) is 10.2 Å². The van der Waals surface area contributed by atoms with Gasteiger partial charge in [0.2, 0.25) is 11.8 Å². The maximum atomic E-state index is 12.8. The minimum absolute atomic E-state index is 0.0783. The fourth-order valence-electron chi connectivity index (χ4n) is 3.08. The molecule has 0 bridgehead atoms. The van der Waals surface area contributed by atoms with Gasteiger partial charge in [-0.15, -0.1) is 0 Å². The molecular formula is C20H31N3O2. The lowest BCUT2D eigenvalue weighted by atomic mass is 9.90. The van der Waals surface area contributed by atoms with E-state index in [-0.39, 0.29) is 11.8 Å².